The van der Waals surface area contributed by atoms with Gasteiger partial charge >= 0.3 is 6.09 Å². The minimum atomic E-state index is -1.16. The molecule has 3 unspecified atom stereocenters. The summed E-state index contributed by atoms with van der Waals surface area (Å²) in [4.78, 5) is 64.1. The van der Waals surface area contributed by atoms with Crippen molar-refractivity contribution in [3.63, 3.8) is 0 Å². The molecule has 0 fully saturated rings. The van der Waals surface area contributed by atoms with Crippen LogP contribution in [0.25, 0.3) is 0 Å². The molecule has 3 rings (SSSR count). The number of carbonyl (C=O) groups is 4. The van der Waals surface area contributed by atoms with E-state index >= 15 is 0 Å². The maximum absolute atomic E-state index is 13.8. The Morgan fingerprint density at radius 1 is 0.875 bits per heavy atom. The summed E-state index contributed by atoms with van der Waals surface area (Å²) in [6, 6.07) is 9.65. The van der Waals surface area contributed by atoms with Gasteiger partial charge in [0.15, 0.2) is 0 Å². The Morgan fingerprint density at radius 2 is 1.58 bits per heavy atom. The van der Waals surface area contributed by atoms with Gasteiger partial charge in [-0.15, -0.1) is 0 Å². The Hall–Kier alpha value is -4.78. The maximum Gasteiger partial charge on any atom is 0.408 e. The summed E-state index contributed by atoms with van der Waals surface area (Å²) in [5.74, 6) is -1.11. The van der Waals surface area contributed by atoms with Gasteiger partial charge in [0.05, 0.1) is 24.9 Å². The van der Waals surface area contributed by atoms with Gasteiger partial charge in [0.25, 0.3) is 0 Å². The lowest BCUT2D eigenvalue weighted by atomic mass is 9.96. The molecule has 6 N–H and O–H groups in total. The standard InChI is InChI=1S/C35H49N7O6/c1-5-24(4)18-38-32(44)17-31(43)28(14-23(2)3)40-34(46)30(16-27-20-37-22-39-27)41-33(45)29(15-26-12-9-13-36-19-26)42-35(47)48-21-25-10-7-6-8-11-25/h6-13,19-20,22-24,28-31,43H,5,14-18,21H2,1-4H3,(H,37,39)(H,38,44)(H,40,46)(H,41,45)(H,42,47)/t24?,28?,29-,30-,31?/m0/s1. The molecule has 4 amide bonds. The number of nitrogens with one attached hydrogen (secondary N) is 5. The molecule has 13 heteroatoms. The average molecular weight is 664 g/mol. The third kappa shape index (κ3) is 13.5. The molecule has 2 heterocycles. The largest absolute Gasteiger partial charge is 0.445 e. The third-order valence-electron chi connectivity index (χ3n) is 7.85. The van der Waals surface area contributed by atoms with E-state index in [2.05, 4.69) is 36.2 Å². The van der Waals surface area contributed by atoms with E-state index in [1.165, 1.54) is 6.33 Å². The van der Waals surface area contributed by atoms with Crippen LogP contribution in [0, 0.1) is 11.8 Å². The highest BCUT2D eigenvalue weighted by Gasteiger charge is 2.31. The number of imidazole rings is 1. The van der Waals surface area contributed by atoms with Crippen LogP contribution in [0.15, 0.2) is 67.4 Å². The molecule has 0 aliphatic heterocycles. The lowest BCUT2D eigenvalue weighted by molar-refractivity contribution is -0.131. The van der Waals surface area contributed by atoms with E-state index in [9.17, 15) is 24.3 Å². The van der Waals surface area contributed by atoms with Crippen LogP contribution in [-0.2, 0) is 38.6 Å². The molecule has 260 valence electrons. The van der Waals surface area contributed by atoms with Crippen molar-refractivity contribution in [1.82, 2.24) is 36.2 Å². The fourth-order valence-corrected chi connectivity index (χ4v) is 4.91. The molecular weight excluding hydrogens is 614 g/mol. The lowest BCUT2D eigenvalue weighted by Gasteiger charge is -2.29. The summed E-state index contributed by atoms with van der Waals surface area (Å²) in [5, 5.41) is 22.2. The molecule has 0 saturated heterocycles. The molecule has 0 saturated carbocycles. The number of amides is 4. The normalized spacial score (nSPS) is 14.2. The van der Waals surface area contributed by atoms with Crippen LogP contribution in [0.1, 0.15) is 63.8 Å². The van der Waals surface area contributed by atoms with E-state index in [1.807, 2.05) is 58.0 Å². The molecule has 0 aliphatic rings. The number of pyridine rings is 1. The van der Waals surface area contributed by atoms with E-state index in [1.54, 1.807) is 30.7 Å². The summed E-state index contributed by atoms with van der Waals surface area (Å²) in [6.45, 7) is 8.46. The number of rotatable bonds is 19. The number of hydrogen-bond donors (Lipinski definition) is 6. The Kier molecular flexibility index (Phi) is 15.5. The van der Waals surface area contributed by atoms with Gasteiger partial charge in [-0.1, -0.05) is 70.5 Å². The van der Waals surface area contributed by atoms with E-state index in [0.29, 0.717) is 30.1 Å². The first kappa shape index (κ1) is 37.7. The van der Waals surface area contributed by atoms with Crippen molar-refractivity contribution in [2.24, 2.45) is 11.8 Å². The fraction of sp³-hybridized carbons (Fsp3) is 0.486. The van der Waals surface area contributed by atoms with Gasteiger partial charge in [-0.25, -0.2) is 9.78 Å². The monoisotopic (exact) mass is 663 g/mol. The second-order valence-electron chi connectivity index (χ2n) is 12.5. The third-order valence-corrected chi connectivity index (χ3v) is 7.85. The van der Waals surface area contributed by atoms with Crippen molar-refractivity contribution in [2.45, 2.75) is 90.6 Å². The highest BCUT2D eigenvalue weighted by Crippen LogP contribution is 2.13. The van der Waals surface area contributed by atoms with Gasteiger partial charge in [0.2, 0.25) is 17.7 Å². The summed E-state index contributed by atoms with van der Waals surface area (Å²) in [7, 11) is 0. The van der Waals surface area contributed by atoms with Crippen molar-refractivity contribution < 1.29 is 29.0 Å². The smallest absolute Gasteiger partial charge is 0.408 e. The van der Waals surface area contributed by atoms with E-state index in [-0.39, 0.29) is 37.7 Å². The van der Waals surface area contributed by atoms with Gasteiger partial charge in [-0.05, 0) is 35.4 Å². The summed E-state index contributed by atoms with van der Waals surface area (Å²) >= 11 is 0. The van der Waals surface area contributed by atoms with Gasteiger partial charge in [-0.3, -0.25) is 19.4 Å². The first-order chi connectivity index (χ1) is 23.0. The van der Waals surface area contributed by atoms with Crippen molar-refractivity contribution in [3.05, 3.63) is 84.2 Å². The Bertz CT molecular complexity index is 1410. The molecule has 0 spiro atoms. The molecular formula is C35H49N7O6. The predicted octanol–water partition coefficient (Wildman–Crippen LogP) is 2.81. The zero-order chi connectivity index (χ0) is 34.9. The average Bonchev–Trinajstić information content (AvgIpc) is 3.59. The summed E-state index contributed by atoms with van der Waals surface area (Å²) in [6.07, 6.45) is 5.49. The van der Waals surface area contributed by atoms with E-state index in [0.717, 1.165) is 12.0 Å². The van der Waals surface area contributed by atoms with Gasteiger partial charge in [0.1, 0.15) is 18.7 Å². The number of aromatic nitrogens is 3. The predicted molar refractivity (Wildman–Crippen MR) is 180 cm³/mol. The van der Waals surface area contributed by atoms with Crippen LogP contribution in [-0.4, -0.2) is 74.6 Å². The Morgan fingerprint density at radius 3 is 2.23 bits per heavy atom. The number of nitrogens with zero attached hydrogens (tertiary/aromatic N) is 2. The number of aliphatic hydroxyl groups excluding tert-OH is 1. The SMILES string of the molecule is CCC(C)CNC(=O)CC(O)C(CC(C)C)NC(=O)[C@H](Cc1cnc[nH]1)NC(=O)[C@H](Cc1cccnc1)NC(=O)OCc1ccccc1. The van der Waals surface area contributed by atoms with Crippen molar-refractivity contribution in [2.75, 3.05) is 6.54 Å². The minimum Gasteiger partial charge on any atom is -0.445 e. The van der Waals surface area contributed by atoms with E-state index in [4.69, 9.17) is 4.74 Å². The maximum atomic E-state index is 13.8. The Labute approximate surface area is 282 Å². The number of hydrogen-bond acceptors (Lipinski definition) is 8. The van der Waals surface area contributed by atoms with Gasteiger partial charge < -0.3 is 36.1 Å². The molecule has 13 nitrogen and oxygen atoms in total. The highest BCUT2D eigenvalue weighted by atomic mass is 16.5. The first-order valence-electron chi connectivity index (χ1n) is 16.4. The number of aliphatic hydroxyl groups is 1. The van der Waals surface area contributed by atoms with E-state index < -0.39 is 42.1 Å². The first-order valence-corrected chi connectivity index (χ1v) is 16.4. The van der Waals surface area contributed by atoms with Crippen LogP contribution >= 0.6 is 0 Å². The fourth-order valence-electron chi connectivity index (χ4n) is 4.91. The zero-order valence-corrected chi connectivity index (χ0v) is 28.1. The molecule has 1 aromatic carbocycles. The van der Waals surface area contributed by atoms with Crippen LogP contribution in [0.4, 0.5) is 4.79 Å². The quantitative estimate of drug-likeness (QED) is 0.113. The number of carbonyl (C=O) groups excluding carboxylic acids is 4. The molecule has 0 aliphatic carbocycles. The van der Waals surface area contributed by atoms with Crippen molar-refractivity contribution in [1.29, 1.82) is 0 Å². The molecule has 2 aromatic heterocycles. The zero-order valence-electron chi connectivity index (χ0n) is 28.1. The van der Waals surface area contributed by atoms with Crippen LogP contribution in [0.2, 0.25) is 0 Å². The summed E-state index contributed by atoms with van der Waals surface area (Å²) < 4.78 is 5.37. The van der Waals surface area contributed by atoms with Gasteiger partial charge in [0, 0.05) is 43.7 Å². The lowest BCUT2D eigenvalue weighted by Crippen LogP contribution is -2.57. The van der Waals surface area contributed by atoms with Crippen LogP contribution in [0.3, 0.4) is 0 Å². The molecule has 5 atom stereocenters. The molecule has 0 bridgehead atoms. The minimum absolute atomic E-state index is 0.00792. The highest BCUT2D eigenvalue weighted by molar-refractivity contribution is 5.91. The number of aromatic amines is 1. The van der Waals surface area contributed by atoms with Gasteiger partial charge in [-0.2, -0.15) is 0 Å². The second-order valence-corrected chi connectivity index (χ2v) is 12.5. The topological polar surface area (TPSA) is 187 Å². The molecule has 3 aromatic rings. The number of ether oxygens (including phenoxy) is 1. The number of H-pyrrole nitrogens is 1. The van der Waals surface area contributed by atoms with Crippen LogP contribution in [0.5, 0.6) is 0 Å². The summed E-state index contributed by atoms with van der Waals surface area (Å²) in [5.41, 5.74) is 2.05. The molecule has 0 radical (unpaired) electrons. The van der Waals surface area contributed by atoms with Crippen molar-refractivity contribution >= 4 is 23.8 Å². The number of alkyl carbamates (subject to hydrolysis) is 1. The second kappa shape index (κ2) is 19.8. The van der Waals surface area contributed by atoms with Crippen molar-refractivity contribution in [3.8, 4) is 0 Å². The number of benzene rings is 1. The van der Waals surface area contributed by atoms with Crippen LogP contribution < -0.4 is 21.3 Å². The molecule has 48 heavy (non-hydrogen) atoms. The Balaban J connectivity index is 1.76.